The number of hydrogen-bond acceptors (Lipinski definition) is 5. The highest BCUT2D eigenvalue weighted by molar-refractivity contribution is 9.10. The van der Waals surface area contributed by atoms with Crippen molar-refractivity contribution in [2.75, 3.05) is 30.3 Å². The van der Waals surface area contributed by atoms with Crippen LogP contribution in [-0.4, -0.2) is 44.2 Å². The summed E-state index contributed by atoms with van der Waals surface area (Å²) in [5, 5.41) is 5.55. The predicted molar refractivity (Wildman–Crippen MR) is 120 cm³/mol. The molecule has 0 saturated carbocycles. The largest absolute Gasteiger partial charge is 0.482 e. The van der Waals surface area contributed by atoms with Crippen LogP contribution in [0.2, 0.25) is 0 Å². The molecule has 2 amide bonds. The molecule has 2 aromatic carbocycles. The zero-order valence-electron chi connectivity index (χ0n) is 16.9. The third-order valence-electron chi connectivity index (χ3n) is 5.37. The lowest BCUT2D eigenvalue weighted by Crippen LogP contribution is -2.43. The number of piperidine rings is 1. The number of aryl methyl sites for hydroxylation is 1. The van der Waals surface area contributed by atoms with Gasteiger partial charge < -0.3 is 15.4 Å². The van der Waals surface area contributed by atoms with E-state index in [0.717, 1.165) is 4.47 Å². The van der Waals surface area contributed by atoms with E-state index in [-0.39, 0.29) is 29.9 Å². The Kier molecular flexibility index (Phi) is 6.05. The van der Waals surface area contributed by atoms with Gasteiger partial charge in [0.05, 0.1) is 16.5 Å². The number of nitrogens with zero attached hydrogens (tertiary/aromatic N) is 1. The lowest BCUT2D eigenvalue weighted by Gasteiger charge is -2.32. The molecular weight excluding hydrogens is 486 g/mol. The molecule has 2 aromatic rings. The molecule has 1 saturated heterocycles. The first-order valence-electron chi connectivity index (χ1n) is 9.88. The van der Waals surface area contributed by atoms with E-state index in [1.54, 1.807) is 25.1 Å². The van der Waals surface area contributed by atoms with Crippen LogP contribution in [0.15, 0.2) is 45.8 Å². The lowest BCUT2D eigenvalue weighted by atomic mass is 9.99. The summed E-state index contributed by atoms with van der Waals surface area (Å²) >= 11 is 3.37. The van der Waals surface area contributed by atoms with Crippen molar-refractivity contribution in [3.05, 3.63) is 46.4 Å². The summed E-state index contributed by atoms with van der Waals surface area (Å²) in [6.07, 6.45) is 1.20. The number of fused-ring (bicyclic) bond motifs is 1. The van der Waals surface area contributed by atoms with Gasteiger partial charge in [0, 0.05) is 29.3 Å². The number of carbonyl (C=O) groups excluding carboxylic acids is 2. The number of anilines is 2. The lowest BCUT2D eigenvalue weighted by molar-refractivity contribution is -0.121. The van der Waals surface area contributed by atoms with Crippen molar-refractivity contribution in [1.29, 1.82) is 0 Å². The summed E-state index contributed by atoms with van der Waals surface area (Å²) < 4.78 is 34.3. The Morgan fingerprint density at radius 3 is 2.87 bits per heavy atom. The normalized spacial score (nSPS) is 19.2. The van der Waals surface area contributed by atoms with Crippen LogP contribution in [-0.2, 0) is 19.6 Å². The molecule has 1 fully saturated rings. The molecule has 31 heavy (non-hydrogen) atoms. The molecule has 2 heterocycles. The number of rotatable bonds is 4. The van der Waals surface area contributed by atoms with Crippen LogP contribution in [0.4, 0.5) is 11.4 Å². The van der Waals surface area contributed by atoms with E-state index in [1.165, 1.54) is 10.4 Å². The summed E-state index contributed by atoms with van der Waals surface area (Å²) in [6.45, 7) is 1.97. The fourth-order valence-electron chi connectivity index (χ4n) is 3.82. The number of carbonyl (C=O) groups is 2. The Morgan fingerprint density at radius 1 is 1.29 bits per heavy atom. The SMILES string of the molecule is Cc1cc2c(cc1S(=O)(=O)N1CCCC(C(=O)Nc3cccc(Br)c3)C1)OCC(=O)N2. The molecule has 1 unspecified atom stereocenters. The van der Waals surface area contributed by atoms with Gasteiger partial charge >= 0.3 is 0 Å². The number of nitrogens with one attached hydrogen (secondary N) is 2. The molecule has 10 heteroatoms. The highest BCUT2D eigenvalue weighted by Gasteiger charge is 2.35. The van der Waals surface area contributed by atoms with E-state index in [9.17, 15) is 18.0 Å². The van der Waals surface area contributed by atoms with Gasteiger partial charge in [0.25, 0.3) is 5.91 Å². The first-order chi connectivity index (χ1) is 14.7. The number of ether oxygens (including phenoxy) is 1. The predicted octanol–water partition coefficient (Wildman–Crippen LogP) is 3.13. The van der Waals surface area contributed by atoms with Gasteiger partial charge in [0.15, 0.2) is 6.61 Å². The van der Waals surface area contributed by atoms with Crippen molar-refractivity contribution >= 4 is 49.1 Å². The van der Waals surface area contributed by atoms with Gasteiger partial charge in [-0.2, -0.15) is 4.31 Å². The van der Waals surface area contributed by atoms with Crippen molar-refractivity contribution in [1.82, 2.24) is 4.31 Å². The zero-order chi connectivity index (χ0) is 22.2. The number of benzene rings is 2. The van der Waals surface area contributed by atoms with Crippen molar-refractivity contribution in [2.24, 2.45) is 5.92 Å². The van der Waals surface area contributed by atoms with Gasteiger partial charge in [0.2, 0.25) is 15.9 Å². The first kappa shape index (κ1) is 21.8. The molecule has 0 aromatic heterocycles. The number of sulfonamides is 1. The second-order valence-corrected chi connectivity index (χ2v) is 10.5. The standard InChI is InChI=1S/C21H22BrN3O5S/c1-13-8-17-18(30-12-20(26)24-17)10-19(13)31(28,29)25-7-3-4-14(11-25)21(27)23-16-6-2-5-15(22)9-16/h2,5-6,8-10,14H,3-4,7,11-12H2,1H3,(H,23,27)(H,24,26). The minimum atomic E-state index is -3.83. The Labute approximate surface area is 189 Å². The van der Waals surface area contributed by atoms with Crippen LogP contribution in [0.3, 0.4) is 0 Å². The average molecular weight is 508 g/mol. The zero-order valence-corrected chi connectivity index (χ0v) is 19.3. The second-order valence-electron chi connectivity index (χ2n) is 7.65. The van der Waals surface area contributed by atoms with Crippen LogP contribution < -0.4 is 15.4 Å². The second kappa shape index (κ2) is 8.60. The minimum absolute atomic E-state index is 0.107. The van der Waals surface area contributed by atoms with Gasteiger partial charge in [0.1, 0.15) is 5.75 Å². The Hall–Kier alpha value is -2.43. The third-order valence-corrected chi connectivity index (χ3v) is 7.88. The maximum atomic E-state index is 13.4. The molecule has 1 atom stereocenters. The fourth-order valence-corrected chi connectivity index (χ4v) is 5.96. The van der Waals surface area contributed by atoms with Crippen LogP contribution >= 0.6 is 15.9 Å². The summed E-state index contributed by atoms with van der Waals surface area (Å²) in [4.78, 5) is 24.4. The maximum absolute atomic E-state index is 13.4. The van der Waals surface area contributed by atoms with Crippen molar-refractivity contribution in [3.8, 4) is 5.75 Å². The molecule has 0 spiro atoms. The topological polar surface area (TPSA) is 105 Å². The van der Waals surface area contributed by atoms with Gasteiger partial charge in [-0.25, -0.2) is 8.42 Å². The van der Waals surface area contributed by atoms with Gasteiger partial charge in [-0.15, -0.1) is 0 Å². The van der Waals surface area contributed by atoms with Gasteiger partial charge in [-0.05, 0) is 49.6 Å². The highest BCUT2D eigenvalue weighted by Crippen LogP contribution is 2.35. The number of halogens is 1. The van der Waals surface area contributed by atoms with E-state index in [4.69, 9.17) is 4.74 Å². The van der Waals surface area contributed by atoms with E-state index in [2.05, 4.69) is 26.6 Å². The molecule has 4 rings (SSSR count). The number of hydrogen-bond donors (Lipinski definition) is 2. The molecule has 0 bridgehead atoms. The molecule has 8 nitrogen and oxygen atoms in total. The minimum Gasteiger partial charge on any atom is -0.482 e. The first-order valence-corrected chi connectivity index (χ1v) is 12.1. The van der Waals surface area contributed by atoms with E-state index in [0.29, 0.717) is 42.1 Å². The fraction of sp³-hybridized carbons (Fsp3) is 0.333. The van der Waals surface area contributed by atoms with E-state index >= 15 is 0 Å². The van der Waals surface area contributed by atoms with Crippen LogP contribution in [0.25, 0.3) is 0 Å². The summed E-state index contributed by atoms with van der Waals surface area (Å²) in [5.41, 5.74) is 1.62. The smallest absolute Gasteiger partial charge is 0.262 e. The van der Waals surface area contributed by atoms with Crippen molar-refractivity contribution in [2.45, 2.75) is 24.7 Å². The molecule has 2 N–H and O–H groups in total. The Morgan fingerprint density at radius 2 is 2.10 bits per heavy atom. The van der Waals surface area contributed by atoms with Crippen molar-refractivity contribution in [3.63, 3.8) is 0 Å². The van der Waals surface area contributed by atoms with Crippen LogP contribution in [0, 0.1) is 12.8 Å². The Bertz CT molecular complexity index is 1150. The van der Waals surface area contributed by atoms with E-state index < -0.39 is 15.9 Å². The van der Waals surface area contributed by atoms with Crippen LogP contribution in [0.5, 0.6) is 5.75 Å². The molecule has 164 valence electrons. The average Bonchev–Trinajstić information content (AvgIpc) is 2.73. The molecule has 2 aliphatic heterocycles. The summed E-state index contributed by atoms with van der Waals surface area (Å²) in [7, 11) is -3.83. The summed E-state index contributed by atoms with van der Waals surface area (Å²) in [6, 6.07) is 10.3. The maximum Gasteiger partial charge on any atom is 0.262 e. The van der Waals surface area contributed by atoms with Gasteiger partial charge in [-0.1, -0.05) is 22.0 Å². The van der Waals surface area contributed by atoms with Gasteiger partial charge in [-0.3, -0.25) is 9.59 Å². The van der Waals surface area contributed by atoms with Crippen molar-refractivity contribution < 1.29 is 22.7 Å². The Balaban J connectivity index is 1.53. The quantitative estimate of drug-likeness (QED) is 0.661. The third kappa shape index (κ3) is 4.60. The molecular formula is C21H22BrN3O5S. The summed E-state index contributed by atoms with van der Waals surface area (Å²) in [5.74, 6) is -0.607. The molecule has 2 aliphatic rings. The number of amides is 2. The highest BCUT2D eigenvalue weighted by atomic mass is 79.9. The molecule has 0 aliphatic carbocycles. The van der Waals surface area contributed by atoms with E-state index in [1.807, 2.05) is 12.1 Å². The molecule has 0 radical (unpaired) electrons. The monoisotopic (exact) mass is 507 g/mol. The van der Waals surface area contributed by atoms with Crippen LogP contribution in [0.1, 0.15) is 18.4 Å².